The van der Waals surface area contributed by atoms with Gasteiger partial charge in [-0.25, -0.2) is 9.36 Å². The lowest BCUT2D eigenvalue weighted by atomic mass is 10.2. The average molecular weight is 380 g/mol. The van der Waals surface area contributed by atoms with E-state index in [9.17, 15) is 19.7 Å². The number of hydrogen-bond donors (Lipinski definition) is 0. The highest BCUT2D eigenvalue weighted by atomic mass is 35.5. The lowest BCUT2D eigenvalue weighted by Crippen LogP contribution is -2.37. The number of nitro groups is 1. The smallest absolute Gasteiger partial charge is 0.437 e. The Morgan fingerprint density at radius 1 is 1.27 bits per heavy atom. The normalized spacial score (nSPS) is 11.1. The molecule has 0 aliphatic rings. The third-order valence-electron chi connectivity index (χ3n) is 4.05. The number of methoxy groups -OCH3 is 1. The van der Waals surface area contributed by atoms with Crippen LogP contribution in [-0.4, -0.2) is 30.7 Å². The van der Waals surface area contributed by atoms with Gasteiger partial charge in [-0.1, -0.05) is 16.6 Å². The van der Waals surface area contributed by atoms with Crippen LogP contribution in [0.15, 0.2) is 27.8 Å². The third kappa shape index (κ3) is 2.64. The lowest BCUT2D eigenvalue weighted by Gasteiger charge is -2.10. The third-order valence-corrected chi connectivity index (χ3v) is 4.29. The lowest BCUT2D eigenvalue weighted by molar-refractivity contribution is -0.396. The Balaban J connectivity index is 2.37. The van der Waals surface area contributed by atoms with Gasteiger partial charge in [0.05, 0.1) is 7.11 Å². The van der Waals surface area contributed by atoms with Crippen molar-refractivity contribution in [3.05, 3.63) is 59.7 Å². The van der Waals surface area contributed by atoms with Crippen LogP contribution in [0, 0.1) is 10.1 Å². The second-order valence-corrected chi connectivity index (χ2v) is 6.03. The van der Waals surface area contributed by atoms with Crippen molar-refractivity contribution < 1.29 is 9.66 Å². The first-order chi connectivity index (χ1) is 12.3. The molecule has 3 rings (SSSR count). The number of benzene rings is 1. The first-order valence-corrected chi connectivity index (χ1v) is 7.77. The molecule has 0 amide bonds. The van der Waals surface area contributed by atoms with Crippen molar-refractivity contribution in [3.63, 3.8) is 0 Å². The Labute approximate surface area is 151 Å². The van der Waals surface area contributed by atoms with Gasteiger partial charge in [0, 0.05) is 24.7 Å². The highest BCUT2D eigenvalue weighted by molar-refractivity contribution is 6.30. The number of aromatic nitrogens is 4. The molecule has 0 aliphatic carbocycles. The van der Waals surface area contributed by atoms with E-state index in [2.05, 4.69) is 4.98 Å². The average Bonchev–Trinajstić information content (AvgIpc) is 2.98. The van der Waals surface area contributed by atoms with Gasteiger partial charge in [0.1, 0.15) is 12.3 Å². The SMILES string of the molecule is COc1ccc(Cl)cc1Cn1c([N+](=O)[O-])nc2c(=O)n(C)c(=O)n(C)c21. The largest absolute Gasteiger partial charge is 0.496 e. The molecule has 2 aromatic heterocycles. The molecule has 10 nitrogen and oxygen atoms in total. The number of aryl methyl sites for hydroxylation is 1. The Morgan fingerprint density at radius 3 is 2.58 bits per heavy atom. The Morgan fingerprint density at radius 2 is 1.96 bits per heavy atom. The fourth-order valence-corrected chi connectivity index (χ4v) is 3.00. The second kappa shape index (κ2) is 6.30. The maximum absolute atomic E-state index is 12.3. The van der Waals surface area contributed by atoms with Crippen molar-refractivity contribution in [1.82, 2.24) is 18.7 Å². The van der Waals surface area contributed by atoms with Gasteiger partial charge >= 0.3 is 17.2 Å². The van der Waals surface area contributed by atoms with Crippen LogP contribution in [0.1, 0.15) is 5.56 Å². The highest BCUT2D eigenvalue weighted by Gasteiger charge is 2.28. The minimum Gasteiger partial charge on any atom is -0.496 e. The number of halogens is 1. The van der Waals surface area contributed by atoms with E-state index in [1.54, 1.807) is 18.2 Å². The van der Waals surface area contributed by atoms with Crippen molar-refractivity contribution in [2.24, 2.45) is 14.1 Å². The molecular formula is C15H14ClN5O5. The molecule has 136 valence electrons. The molecule has 0 unspecified atom stereocenters. The van der Waals surface area contributed by atoms with Crippen LogP contribution >= 0.6 is 11.6 Å². The summed E-state index contributed by atoms with van der Waals surface area (Å²) < 4.78 is 8.45. The number of ether oxygens (including phenoxy) is 1. The molecule has 1 aromatic carbocycles. The van der Waals surface area contributed by atoms with E-state index >= 15 is 0 Å². The number of nitrogens with zero attached hydrogens (tertiary/aromatic N) is 5. The van der Waals surface area contributed by atoms with Crippen LogP contribution in [0.4, 0.5) is 5.95 Å². The summed E-state index contributed by atoms with van der Waals surface area (Å²) in [5, 5.41) is 11.9. The summed E-state index contributed by atoms with van der Waals surface area (Å²) in [6.07, 6.45) is 0. The summed E-state index contributed by atoms with van der Waals surface area (Å²) in [6.45, 7) is -0.0585. The number of imidazole rings is 1. The topological polar surface area (TPSA) is 114 Å². The standard InChI is InChI=1S/C15H14ClN5O5/c1-18-12-11(13(22)19(2)15(18)23)17-14(21(24)25)20(12)7-8-6-9(16)4-5-10(8)26-3/h4-6H,7H2,1-3H3. The molecule has 0 bridgehead atoms. The van der Waals surface area contributed by atoms with Crippen molar-refractivity contribution in [3.8, 4) is 5.75 Å². The van der Waals surface area contributed by atoms with Crippen molar-refractivity contribution in [2.45, 2.75) is 6.54 Å². The molecule has 0 atom stereocenters. The van der Waals surface area contributed by atoms with E-state index in [1.165, 1.54) is 25.8 Å². The van der Waals surface area contributed by atoms with E-state index < -0.39 is 22.1 Å². The van der Waals surface area contributed by atoms with Crippen molar-refractivity contribution in [2.75, 3.05) is 7.11 Å². The predicted molar refractivity (Wildman–Crippen MR) is 94.0 cm³/mol. The maximum Gasteiger partial charge on any atom is 0.437 e. The van der Waals surface area contributed by atoms with Gasteiger partial charge in [-0.3, -0.25) is 13.9 Å². The van der Waals surface area contributed by atoms with E-state index in [4.69, 9.17) is 16.3 Å². The molecule has 0 aliphatic heterocycles. The predicted octanol–water partition coefficient (Wildman–Crippen LogP) is 1.05. The summed E-state index contributed by atoms with van der Waals surface area (Å²) in [5.41, 5.74) is -0.899. The van der Waals surface area contributed by atoms with Crippen LogP contribution < -0.4 is 16.0 Å². The summed E-state index contributed by atoms with van der Waals surface area (Å²) in [7, 11) is 4.16. The summed E-state index contributed by atoms with van der Waals surface area (Å²) in [6, 6.07) is 4.84. The van der Waals surface area contributed by atoms with Crippen LogP contribution in [0.3, 0.4) is 0 Å². The van der Waals surface area contributed by atoms with Gasteiger partial charge in [0.25, 0.3) is 5.52 Å². The molecule has 3 aromatic rings. The van der Waals surface area contributed by atoms with E-state index in [0.717, 1.165) is 9.13 Å². The van der Waals surface area contributed by atoms with Crippen LogP contribution in [0.5, 0.6) is 5.75 Å². The van der Waals surface area contributed by atoms with Crippen molar-refractivity contribution >= 4 is 28.7 Å². The molecule has 0 saturated heterocycles. The van der Waals surface area contributed by atoms with Gasteiger partial charge in [0.2, 0.25) is 5.65 Å². The van der Waals surface area contributed by atoms with E-state index in [1.807, 2.05) is 0 Å². The fourth-order valence-electron chi connectivity index (χ4n) is 2.80. The van der Waals surface area contributed by atoms with Crippen LogP contribution in [-0.2, 0) is 20.6 Å². The van der Waals surface area contributed by atoms with Crippen LogP contribution in [0.2, 0.25) is 5.02 Å². The minimum atomic E-state index is -0.707. The molecule has 2 heterocycles. The highest BCUT2D eigenvalue weighted by Crippen LogP contribution is 2.27. The zero-order valence-electron chi connectivity index (χ0n) is 14.1. The minimum absolute atomic E-state index is 0.0480. The van der Waals surface area contributed by atoms with Crippen molar-refractivity contribution in [1.29, 1.82) is 0 Å². The first kappa shape index (κ1) is 17.7. The molecule has 26 heavy (non-hydrogen) atoms. The van der Waals surface area contributed by atoms with Gasteiger partial charge in [-0.15, -0.1) is 0 Å². The van der Waals surface area contributed by atoms with Gasteiger partial charge in [-0.2, -0.15) is 0 Å². The van der Waals surface area contributed by atoms with Gasteiger partial charge in [-0.05, 0) is 23.1 Å². The summed E-state index contributed by atoms with van der Waals surface area (Å²) in [4.78, 5) is 39.2. The van der Waals surface area contributed by atoms with E-state index in [-0.39, 0.29) is 17.7 Å². The zero-order chi connectivity index (χ0) is 19.2. The Bertz CT molecular complexity index is 1160. The molecule has 0 fully saturated rings. The first-order valence-electron chi connectivity index (χ1n) is 7.39. The molecule has 0 saturated carbocycles. The second-order valence-electron chi connectivity index (χ2n) is 5.59. The van der Waals surface area contributed by atoms with Crippen LogP contribution in [0.25, 0.3) is 11.2 Å². The molecule has 0 N–H and O–H groups in total. The number of fused-ring (bicyclic) bond motifs is 1. The monoisotopic (exact) mass is 379 g/mol. The fraction of sp³-hybridized carbons (Fsp3) is 0.267. The molecule has 0 spiro atoms. The van der Waals surface area contributed by atoms with Gasteiger partial charge < -0.3 is 14.9 Å². The molecule has 0 radical (unpaired) electrons. The zero-order valence-corrected chi connectivity index (χ0v) is 14.9. The maximum atomic E-state index is 12.3. The summed E-state index contributed by atoms with van der Waals surface area (Å²) >= 11 is 6.01. The van der Waals surface area contributed by atoms with Gasteiger partial charge in [0.15, 0.2) is 0 Å². The Kier molecular flexibility index (Phi) is 4.28. The summed E-state index contributed by atoms with van der Waals surface area (Å²) in [5.74, 6) is -0.0975. The quantitative estimate of drug-likeness (QED) is 0.494. The Hall–Kier alpha value is -3.14. The van der Waals surface area contributed by atoms with E-state index in [0.29, 0.717) is 16.3 Å². The number of rotatable bonds is 4. The number of hydrogen-bond acceptors (Lipinski definition) is 6. The molecular weight excluding hydrogens is 366 g/mol. The molecule has 11 heteroatoms.